The normalized spacial score (nSPS) is 12.8. The average Bonchev–Trinajstić information content (AvgIpc) is 2.25. The van der Waals surface area contributed by atoms with Gasteiger partial charge in [0.25, 0.3) is 0 Å². The Morgan fingerprint density at radius 3 is 2.06 bits per heavy atom. The molecule has 1 aromatic carbocycles. The summed E-state index contributed by atoms with van der Waals surface area (Å²) in [6.45, 7) is 6.44. The predicted octanol–water partition coefficient (Wildman–Crippen LogP) is 3.18. The first-order chi connectivity index (χ1) is 7.54. The van der Waals surface area contributed by atoms with Gasteiger partial charge in [0.05, 0.1) is 0 Å². The molecule has 0 aliphatic heterocycles. The van der Waals surface area contributed by atoms with Crippen LogP contribution in [0.1, 0.15) is 56.6 Å². The smallest absolute Gasteiger partial charge is 0.218 e. The van der Waals surface area contributed by atoms with Crippen LogP contribution >= 0.6 is 0 Å². The number of nitrogens with two attached hydrogens (primary N) is 1. The third kappa shape index (κ3) is 3.37. The van der Waals surface area contributed by atoms with Gasteiger partial charge >= 0.3 is 0 Å². The Morgan fingerprint density at radius 2 is 1.69 bits per heavy atom. The molecule has 0 fully saturated rings. The fourth-order valence-electron chi connectivity index (χ4n) is 1.89. The minimum Gasteiger partial charge on any atom is -0.370 e. The quantitative estimate of drug-likeness (QED) is 0.812. The maximum absolute atomic E-state index is 10.9. The summed E-state index contributed by atoms with van der Waals surface area (Å²) < 4.78 is 0. The van der Waals surface area contributed by atoms with Crippen molar-refractivity contribution in [2.75, 3.05) is 0 Å². The molecule has 0 aromatic heterocycles. The molecule has 2 heteroatoms. The molecule has 88 valence electrons. The van der Waals surface area contributed by atoms with Crippen LogP contribution in [-0.4, -0.2) is 5.91 Å². The number of hydrogen-bond acceptors (Lipinski definition) is 1. The zero-order chi connectivity index (χ0) is 12.1. The monoisotopic (exact) mass is 219 g/mol. The van der Waals surface area contributed by atoms with E-state index < -0.39 is 0 Å². The van der Waals surface area contributed by atoms with Crippen molar-refractivity contribution in [3.05, 3.63) is 35.4 Å². The molecule has 0 heterocycles. The summed E-state index contributed by atoms with van der Waals surface area (Å²) in [6.07, 6.45) is 1.39. The zero-order valence-electron chi connectivity index (χ0n) is 10.4. The Kier molecular flexibility index (Phi) is 4.53. The standard InChI is InChI=1S/C14H21NO/c1-4-11(9-14(15)16)13-7-5-12(6-8-13)10(2)3/h5-8,10-11H,4,9H2,1-3H3,(H2,15,16). The van der Waals surface area contributed by atoms with Crippen LogP contribution in [-0.2, 0) is 4.79 Å². The number of rotatable bonds is 5. The second kappa shape index (κ2) is 5.69. The van der Waals surface area contributed by atoms with Gasteiger partial charge in [-0.05, 0) is 29.4 Å². The van der Waals surface area contributed by atoms with E-state index in [0.717, 1.165) is 6.42 Å². The first-order valence-corrected chi connectivity index (χ1v) is 5.92. The number of carbonyl (C=O) groups is 1. The third-order valence-corrected chi connectivity index (χ3v) is 3.01. The molecule has 0 aliphatic rings. The molecule has 2 N–H and O–H groups in total. The summed E-state index contributed by atoms with van der Waals surface area (Å²) in [5, 5.41) is 0. The van der Waals surface area contributed by atoms with Gasteiger partial charge in [-0.3, -0.25) is 4.79 Å². The minimum absolute atomic E-state index is 0.222. The zero-order valence-corrected chi connectivity index (χ0v) is 10.4. The number of primary amides is 1. The highest BCUT2D eigenvalue weighted by atomic mass is 16.1. The van der Waals surface area contributed by atoms with Crippen molar-refractivity contribution in [3.8, 4) is 0 Å². The fraction of sp³-hybridized carbons (Fsp3) is 0.500. The van der Waals surface area contributed by atoms with Crippen LogP contribution in [0, 0.1) is 0 Å². The fourth-order valence-corrected chi connectivity index (χ4v) is 1.89. The van der Waals surface area contributed by atoms with E-state index in [9.17, 15) is 4.79 Å². The van der Waals surface area contributed by atoms with E-state index in [1.807, 2.05) is 0 Å². The molecule has 0 bridgehead atoms. The molecule has 2 nitrogen and oxygen atoms in total. The van der Waals surface area contributed by atoms with E-state index in [2.05, 4.69) is 45.0 Å². The summed E-state index contributed by atoms with van der Waals surface area (Å²) in [6, 6.07) is 8.52. The van der Waals surface area contributed by atoms with Crippen molar-refractivity contribution in [2.45, 2.75) is 45.4 Å². The van der Waals surface area contributed by atoms with Gasteiger partial charge in [0.15, 0.2) is 0 Å². The molecule has 1 aromatic rings. The summed E-state index contributed by atoms with van der Waals surface area (Å²) in [5.41, 5.74) is 7.79. The Morgan fingerprint density at radius 1 is 1.19 bits per heavy atom. The SMILES string of the molecule is CCC(CC(N)=O)c1ccc(C(C)C)cc1. The van der Waals surface area contributed by atoms with Crippen LogP contribution in [0.15, 0.2) is 24.3 Å². The molecule has 0 aliphatic carbocycles. The van der Waals surface area contributed by atoms with E-state index in [1.54, 1.807) is 0 Å². The lowest BCUT2D eigenvalue weighted by Gasteiger charge is -2.14. The molecule has 16 heavy (non-hydrogen) atoms. The van der Waals surface area contributed by atoms with Crippen molar-refractivity contribution < 1.29 is 4.79 Å². The highest BCUT2D eigenvalue weighted by Gasteiger charge is 2.12. The second-order valence-electron chi connectivity index (χ2n) is 4.60. The Labute approximate surface area is 97.9 Å². The van der Waals surface area contributed by atoms with Gasteiger partial charge in [-0.25, -0.2) is 0 Å². The number of carbonyl (C=O) groups excluding carboxylic acids is 1. The minimum atomic E-state index is -0.222. The van der Waals surface area contributed by atoms with Crippen LogP contribution in [0.5, 0.6) is 0 Å². The average molecular weight is 219 g/mol. The molecule has 1 amide bonds. The lowest BCUT2D eigenvalue weighted by Crippen LogP contribution is -2.15. The Balaban J connectivity index is 2.82. The lowest BCUT2D eigenvalue weighted by atomic mass is 9.91. The summed E-state index contributed by atoms with van der Waals surface area (Å²) in [5.74, 6) is 0.587. The first kappa shape index (κ1) is 12.8. The van der Waals surface area contributed by atoms with Crippen LogP contribution in [0.4, 0.5) is 0 Å². The van der Waals surface area contributed by atoms with Crippen LogP contribution in [0.3, 0.4) is 0 Å². The highest BCUT2D eigenvalue weighted by molar-refractivity contribution is 5.74. The van der Waals surface area contributed by atoms with Gasteiger partial charge in [-0.15, -0.1) is 0 Å². The third-order valence-electron chi connectivity index (χ3n) is 3.01. The molecule has 0 saturated carbocycles. The van der Waals surface area contributed by atoms with Gasteiger partial charge in [-0.2, -0.15) is 0 Å². The summed E-state index contributed by atoms with van der Waals surface area (Å²) >= 11 is 0. The van der Waals surface area contributed by atoms with E-state index in [1.165, 1.54) is 11.1 Å². The van der Waals surface area contributed by atoms with Crippen molar-refractivity contribution in [3.63, 3.8) is 0 Å². The largest absolute Gasteiger partial charge is 0.370 e. The maximum atomic E-state index is 10.9. The highest BCUT2D eigenvalue weighted by Crippen LogP contribution is 2.24. The van der Waals surface area contributed by atoms with E-state index in [4.69, 9.17) is 5.73 Å². The van der Waals surface area contributed by atoms with Crippen molar-refractivity contribution >= 4 is 5.91 Å². The Hall–Kier alpha value is -1.31. The van der Waals surface area contributed by atoms with E-state index in [-0.39, 0.29) is 11.8 Å². The van der Waals surface area contributed by atoms with E-state index >= 15 is 0 Å². The molecular weight excluding hydrogens is 198 g/mol. The molecule has 1 rings (SSSR count). The number of benzene rings is 1. The van der Waals surface area contributed by atoms with Gasteiger partial charge < -0.3 is 5.73 Å². The topological polar surface area (TPSA) is 43.1 Å². The van der Waals surface area contributed by atoms with Crippen molar-refractivity contribution in [1.29, 1.82) is 0 Å². The molecule has 1 atom stereocenters. The molecule has 0 radical (unpaired) electrons. The lowest BCUT2D eigenvalue weighted by molar-refractivity contribution is -0.118. The van der Waals surface area contributed by atoms with Gasteiger partial charge in [0, 0.05) is 6.42 Å². The first-order valence-electron chi connectivity index (χ1n) is 5.92. The Bertz CT molecular complexity index is 340. The summed E-state index contributed by atoms with van der Waals surface area (Å²) in [4.78, 5) is 10.9. The van der Waals surface area contributed by atoms with Gasteiger partial charge in [-0.1, -0.05) is 45.0 Å². The molecule has 0 spiro atoms. The second-order valence-corrected chi connectivity index (χ2v) is 4.60. The summed E-state index contributed by atoms with van der Waals surface area (Å²) in [7, 11) is 0. The van der Waals surface area contributed by atoms with Crippen molar-refractivity contribution in [1.82, 2.24) is 0 Å². The number of hydrogen-bond donors (Lipinski definition) is 1. The van der Waals surface area contributed by atoms with Gasteiger partial charge in [0.1, 0.15) is 0 Å². The molecular formula is C14H21NO. The van der Waals surface area contributed by atoms with Crippen LogP contribution in [0.25, 0.3) is 0 Å². The van der Waals surface area contributed by atoms with E-state index in [0.29, 0.717) is 12.3 Å². The molecule has 0 saturated heterocycles. The predicted molar refractivity (Wildman–Crippen MR) is 67.4 cm³/mol. The maximum Gasteiger partial charge on any atom is 0.218 e. The van der Waals surface area contributed by atoms with Gasteiger partial charge in [0.2, 0.25) is 5.91 Å². The van der Waals surface area contributed by atoms with Crippen molar-refractivity contribution in [2.24, 2.45) is 5.73 Å². The van der Waals surface area contributed by atoms with Crippen LogP contribution < -0.4 is 5.73 Å². The van der Waals surface area contributed by atoms with Crippen LogP contribution in [0.2, 0.25) is 0 Å². The number of amides is 1. The molecule has 1 unspecified atom stereocenters.